The maximum absolute atomic E-state index is 13.3. The Hall–Kier alpha value is -3.20. The molecule has 2 heterocycles. The number of aromatic nitrogens is 3. The summed E-state index contributed by atoms with van der Waals surface area (Å²) < 4.78 is 26.2. The van der Waals surface area contributed by atoms with Crippen molar-refractivity contribution < 1.29 is 13.2 Å². The van der Waals surface area contributed by atoms with E-state index in [2.05, 4.69) is 52.1 Å². The first-order valence-corrected chi connectivity index (χ1v) is 14.9. The van der Waals surface area contributed by atoms with Crippen LogP contribution < -0.4 is 5.32 Å². The van der Waals surface area contributed by atoms with Crippen molar-refractivity contribution in [1.82, 2.24) is 25.0 Å². The van der Waals surface area contributed by atoms with Gasteiger partial charge in [0, 0.05) is 37.4 Å². The van der Waals surface area contributed by atoms with Gasteiger partial charge < -0.3 is 10.2 Å². The van der Waals surface area contributed by atoms with Crippen LogP contribution in [-0.2, 0) is 21.9 Å². The van der Waals surface area contributed by atoms with Gasteiger partial charge in [0.05, 0.1) is 16.2 Å². The Kier molecular flexibility index (Phi) is 7.97. The second-order valence-corrected chi connectivity index (χ2v) is 13.6. The Morgan fingerprint density at radius 1 is 1.03 bits per heavy atom. The Balaban J connectivity index is 1.56. The van der Waals surface area contributed by atoms with Gasteiger partial charge in [-0.2, -0.15) is 5.10 Å². The Labute approximate surface area is 226 Å². The molecule has 4 rings (SSSR count). The van der Waals surface area contributed by atoms with Gasteiger partial charge in [-0.3, -0.25) is 0 Å². The molecule has 2 atom stereocenters. The molecular weight excluding hydrogens is 498 g/mol. The molecule has 0 aliphatic carbocycles. The molecule has 0 saturated carbocycles. The summed E-state index contributed by atoms with van der Waals surface area (Å²) >= 11 is 0. The summed E-state index contributed by atoms with van der Waals surface area (Å²) in [6, 6.07) is 16.9. The minimum Gasteiger partial charge on any atom is -0.334 e. The zero-order chi connectivity index (χ0) is 27.7. The van der Waals surface area contributed by atoms with Crippen LogP contribution in [0.4, 0.5) is 4.79 Å². The lowest BCUT2D eigenvalue weighted by atomic mass is 9.88. The van der Waals surface area contributed by atoms with Crippen molar-refractivity contribution in [2.45, 2.75) is 76.3 Å². The Morgan fingerprint density at radius 2 is 1.66 bits per heavy atom. The van der Waals surface area contributed by atoms with E-state index >= 15 is 0 Å². The molecule has 3 aromatic rings. The molecule has 1 aromatic heterocycles. The Bertz CT molecular complexity index is 1360. The zero-order valence-corrected chi connectivity index (χ0v) is 24.0. The molecule has 0 spiro atoms. The molecule has 1 aliphatic heterocycles. The van der Waals surface area contributed by atoms with E-state index in [1.165, 1.54) is 5.56 Å². The van der Waals surface area contributed by atoms with E-state index < -0.39 is 9.84 Å². The third-order valence-electron chi connectivity index (χ3n) is 7.07. The highest BCUT2D eigenvalue weighted by atomic mass is 32.2. The van der Waals surface area contributed by atoms with Gasteiger partial charge in [-0.15, -0.1) is 0 Å². The number of benzene rings is 2. The van der Waals surface area contributed by atoms with E-state index in [1.54, 1.807) is 31.2 Å². The Morgan fingerprint density at radius 3 is 2.24 bits per heavy atom. The SMILES string of the molecule is CCS(=O)(=O)c1ccc(CNC(=O)N2CC(c3ccccc3)C(c3nc(C(C)C)nn3C(C)(C)C)C2)cc1. The van der Waals surface area contributed by atoms with Gasteiger partial charge in [0.1, 0.15) is 5.82 Å². The van der Waals surface area contributed by atoms with Gasteiger partial charge in [-0.25, -0.2) is 22.9 Å². The van der Waals surface area contributed by atoms with E-state index in [-0.39, 0.29) is 35.1 Å². The van der Waals surface area contributed by atoms with Crippen molar-refractivity contribution >= 4 is 15.9 Å². The minimum atomic E-state index is -3.25. The molecular formula is C29H39N5O3S. The van der Waals surface area contributed by atoms with Crippen molar-refractivity contribution in [3.63, 3.8) is 0 Å². The number of sulfone groups is 1. The minimum absolute atomic E-state index is 0.000842. The van der Waals surface area contributed by atoms with Crippen LogP contribution in [0, 0.1) is 0 Å². The van der Waals surface area contributed by atoms with Crippen LogP contribution in [0.1, 0.15) is 82.1 Å². The summed E-state index contributed by atoms with van der Waals surface area (Å²) in [7, 11) is -3.25. The number of nitrogens with zero attached hydrogens (tertiary/aromatic N) is 4. The van der Waals surface area contributed by atoms with Gasteiger partial charge in [-0.05, 0) is 44.0 Å². The fraction of sp³-hybridized carbons (Fsp3) is 0.483. The summed E-state index contributed by atoms with van der Waals surface area (Å²) in [6.45, 7) is 13.6. The topological polar surface area (TPSA) is 97.2 Å². The number of carbonyl (C=O) groups excluding carboxylic acids is 1. The molecule has 204 valence electrons. The summed E-state index contributed by atoms with van der Waals surface area (Å²) in [5.74, 6) is 2.08. The van der Waals surface area contributed by atoms with Crippen molar-refractivity contribution in [3.8, 4) is 0 Å². The zero-order valence-electron chi connectivity index (χ0n) is 23.2. The van der Waals surface area contributed by atoms with E-state index in [4.69, 9.17) is 10.1 Å². The predicted octanol–water partition coefficient (Wildman–Crippen LogP) is 5.04. The largest absolute Gasteiger partial charge is 0.334 e. The summed E-state index contributed by atoms with van der Waals surface area (Å²) in [6.07, 6.45) is 0. The second-order valence-electron chi connectivity index (χ2n) is 11.3. The number of nitrogens with one attached hydrogen (secondary N) is 1. The van der Waals surface area contributed by atoms with Crippen molar-refractivity contribution in [2.24, 2.45) is 0 Å². The summed E-state index contributed by atoms with van der Waals surface area (Å²) in [4.78, 5) is 20.5. The van der Waals surface area contributed by atoms with Crippen LogP contribution in [-0.4, -0.2) is 53.0 Å². The average molecular weight is 538 g/mol. The molecule has 0 bridgehead atoms. The standard InChI is InChI=1S/C29H39N5O3S/c1-7-38(36,37)23-15-13-21(14-16-23)17-30-28(35)33-18-24(22-11-9-8-10-12-22)25(19-33)27-31-26(20(2)3)32-34(27)29(4,5)6/h8-16,20,24-25H,7,17-19H2,1-6H3,(H,30,35). The normalized spacial score (nSPS) is 18.2. The third kappa shape index (κ3) is 5.93. The molecule has 2 aromatic carbocycles. The van der Waals surface area contributed by atoms with Crippen LogP contribution in [0.15, 0.2) is 59.5 Å². The highest BCUT2D eigenvalue weighted by Crippen LogP contribution is 2.40. The summed E-state index contributed by atoms with van der Waals surface area (Å²) in [5.41, 5.74) is 1.77. The lowest BCUT2D eigenvalue weighted by Gasteiger charge is -2.25. The highest BCUT2D eigenvalue weighted by molar-refractivity contribution is 7.91. The fourth-order valence-corrected chi connectivity index (χ4v) is 5.74. The summed E-state index contributed by atoms with van der Waals surface area (Å²) in [5, 5.41) is 7.89. The van der Waals surface area contributed by atoms with Crippen LogP contribution in [0.5, 0.6) is 0 Å². The number of likely N-dealkylation sites (tertiary alicyclic amines) is 1. The van der Waals surface area contributed by atoms with Gasteiger partial charge >= 0.3 is 6.03 Å². The van der Waals surface area contributed by atoms with E-state index in [0.717, 1.165) is 17.2 Å². The third-order valence-corrected chi connectivity index (χ3v) is 8.82. The fourth-order valence-electron chi connectivity index (χ4n) is 4.86. The van der Waals surface area contributed by atoms with Crippen molar-refractivity contribution in [1.29, 1.82) is 0 Å². The molecule has 9 heteroatoms. The number of hydrogen-bond donors (Lipinski definition) is 1. The molecule has 2 amide bonds. The highest BCUT2D eigenvalue weighted by Gasteiger charge is 2.41. The number of urea groups is 1. The van der Waals surface area contributed by atoms with Crippen LogP contribution in [0.25, 0.3) is 0 Å². The van der Waals surface area contributed by atoms with Crippen molar-refractivity contribution in [3.05, 3.63) is 77.4 Å². The molecule has 0 radical (unpaired) electrons. The van der Waals surface area contributed by atoms with Gasteiger partial charge in [-0.1, -0.05) is 63.2 Å². The average Bonchev–Trinajstić information content (AvgIpc) is 3.53. The van der Waals surface area contributed by atoms with Crippen LogP contribution >= 0.6 is 0 Å². The van der Waals surface area contributed by atoms with Gasteiger partial charge in [0.2, 0.25) is 0 Å². The quantitative estimate of drug-likeness (QED) is 0.455. The smallest absolute Gasteiger partial charge is 0.317 e. The first-order chi connectivity index (χ1) is 17.9. The number of hydrogen-bond acceptors (Lipinski definition) is 5. The van der Waals surface area contributed by atoms with E-state index in [9.17, 15) is 13.2 Å². The maximum Gasteiger partial charge on any atom is 0.317 e. The molecule has 2 unspecified atom stereocenters. The van der Waals surface area contributed by atoms with Crippen molar-refractivity contribution in [2.75, 3.05) is 18.8 Å². The number of carbonyl (C=O) groups is 1. The van der Waals surface area contributed by atoms with Crippen LogP contribution in [0.3, 0.4) is 0 Å². The number of rotatable bonds is 7. The molecule has 1 N–H and O–H groups in total. The lowest BCUT2D eigenvalue weighted by molar-refractivity contribution is 0.207. The number of amides is 2. The van der Waals surface area contributed by atoms with Gasteiger partial charge in [0.25, 0.3) is 0 Å². The maximum atomic E-state index is 13.3. The predicted molar refractivity (Wildman–Crippen MR) is 149 cm³/mol. The first kappa shape index (κ1) is 27.8. The molecule has 1 fully saturated rings. The lowest BCUT2D eigenvalue weighted by Crippen LogP contribution is -2.38. The van der Waals surface area contributed by atoms with E-state index in [0.29, 0.717) is 24.5 Å². The molecule has 38 heavy (non-hydrogen) atoms. The monoisotopic (exact) mass is 537 g/mol. The van der Waals surface area contributed by atoms with E-state index in [1.807, 2.05) is 27.8 Å². The first-order valence-electron chi connectivity index (χ1n) is 13.3. The molecule has 1 saturated heterocycles. The second kappa shape index (κ2) is 10.9. The van der Waals surface area contributed by atoms with Crippen LogP contribution in [0.2, 0.25) is 0 Å². The molecule has 1 aliphatic rings. The molecule has 8 nitrogen and oxygen atoms in total. The van der Waals surface area contributed by atoms with Gasteiger partial charge in [0.15, 0.2) is 15.7 Å².